The Morgan fingerprint density at radius 1 is 1.34 bits per heavy atom. The summed E-state index contributed by atoms with van der Waals surface area (Å²) in [6.07, 6.45) is 0.0625. The average Bonchev–Trinajstić information content (AvgIpc) is 3.10. The summed E-state index contributed by atoms with van der Waals surface area (Å²) in [5.74, 6) is -1.51. The second-order valence-corrected chi connectivity index (χ2v) is 8.43. The Bertz CT molecular complexity index is 1080. The van der Waals surface area contributed by atoms with E-state index in [9.17, 15) is 26.8 Å². The molecule has 9 nitrogen and oxygen atoms in total. The van der Waals surface area contributed by atoms with Crippen molar-refractivity contribution in [3.63, 3.8) is 0 Å². The molecule has 0 bridgehead atoms. The highest BCUT2D eigenvalue weighted by molar-refractivity contribution is 7.90. The predicted octanol–water partition coefficient (Wildman–Crippen LogP) is 2.06. The first kappa shape index (κ1) is 20.7. The Hall–Kier alpha value is -3.02. The van der Waals surface area contributed by atoms with Crippen molar-refractivity contribution in [1.82, 2.24) is 14.5 Å². The number of nitrogens with one attached hydrogen (secondary N) is 2. The summed E-state index contributed by atoms with van der Waals surface area (Å²) < 4.78 is 58.2. The van der Waals surface area contributed by atoms with Gasteiger partial charge >= 0.3 is 6.55 Å². The lowest BCUT2D eigenvalue weighted by molar-refractivity contribution is -0.125. The number of aryl methyl sites for hydroxylation is 1. The van der Waals surface area contributed by atoms with Crippen molar-refractivity contribution in [1.29, 1.82) is 0 Å². The van der Waals surface area contributed by atoms with Gasteiger partial charge in [-0.05, 0) is 30.5 Å². The third-order valence-corrected chi connectivity index (χ3v) is 5.68. The quantitative estimate of drug-likeness (QED) is 0.752. The number of halogens is 2. The summed E-state index contributed by atoms with van der Waals surface area (Å²) in [7, 11) is -4.36. The molecule has 0 saturated heterocycles. The number of fused-ring (bicyclic) bond motifs is 1. The third-order valence-electron chi connectivity index (χ3n) is 4.21. The average molecular weight is 428 g/mol. The molecule has 0 fully saturated rings. The fraction of sp³-hybridized carbons (Fsp3) is 0.353. The zero-order valence-corrected chi connectivity index (χ0v) is 16.5. The first-order valence-electron chi connectivity index (χ1n) is 8.52. The molecule has 1 atom stereocenters. The Morgan fingerprint density at radius 3 is 2.62 bits per heavy atom. The van der Waals surface area contributed by atoms with Gasteiger partial charge in [0, 0.05) is 12.3 Å². The van der Waals surface area contributed by atoms with Crippen LogP contribution in [0.15, 0.2) is 29.3 Å². The number of benzene rings is 1. The van der Waals surface area contributed by atoms with Crippen LogP contribution in [0, 0.1) is 12.8 Å². The van der Waals surface area contributed by atoms with E-state index in [2.05, 4.69) is 10.4 Å². The molecule has 156 valence electrons. The van der Waals surface area contributed by atoms with E-state index >= 15 is 0 Å². The minimum atomic E-state index is -4.36. The summed E-state index contributed by atoms with van der Waals surface area (Å²) in [5, 5.41) is 6.00. The first-order valence-corrected chi connectivity index (χ1v) is 10.0. The van der Waals surface area contributed by atoms with Crippen molar-refractivity contribution in [3.8, 4) is 5.75 Å². The van der Waals surface area contributed by atoms with Gasteiger partial charge in [-0.2, -0.15) is 13.9 Å². The van der Waals surface area contributed by atoms with Crippen molar-refractivity contribution in [2.24, 2.45) is 5.92 Å². The highest BCUT2D eigenvalue weighted by atomic mass is 32.2. The molecule has 1 aromatic carbocycles. The van der Waals surface area contributed by atoms with Crippen LogP contribution in [0.3, 0.4) is 0 Å². The van der Waals surface area contributed by atoms with E-state index in [0.29, 0.717) is 5.69 Å². The Balaban J connectivity index is 1.90. The molecule has 0 saturated carbocycles. The molecule has 3 rings (SSSR count). The van der Waals surface area contributed by atoms with Crippen LogP contribution < -0.4 is 14.8 Å². The lowest BCUT2D eigenvalue weighted by atomic mass is 10.0. The van der Waals surface area contributed by atoms with Crippen LogP contribution in [0.1, 0.15) is 36.4 Å². The van der Waals surface area contributed by atoms with E-state index in [1.165, 1.54) is 19.1 Å². The predicted molar refractivity (Wildman–Crippen MR) is 97.2 cm³/mol. The molecule has 0 spiro atoms. The van der Waals surface area contributed by atoms with Crippen LogP contribution in [0.2, 0.25) is 0 Å². The second kappa shape index (κ2) is 7.43. The van der Waals surface area contributed by atoms with Crippen LogP contribution in [0.4, 0.5) is 14.5 Å². The number of alkyl halides is 2. The first-order chi connectivity index (χ1) is 13.5. The maximum absolute atomic E-state index is 12.7. The van der Waals surface area contributed by atoms with Crippen molar-refractivity contribution in [2.75, 3.05) is 5.32 Å². The summed E-state index contributed by atoms with van der Waals surface area (Å²) >= 11 is 0. The molecule has 0 radical (unpaired) electrons. The summed E-state index contributed by atoms with van der Waals surface area (Å²) in [6.45, 7) is 2.07. The highest BCUT2D eigenvalue weighted by Crippen LogP contribution is 2.35. The van der Waals surface area contributed by atoms with Gasteiger partial charge in [0.2, 0.25) is 0 Å². The Kier molecular flexibility index (Phi) is 5.30. The normalized spacial score (nSPS) is 16.4. The topological polar surface area (TPSA) is 119 Å². The molecule has 2 aromatic rings. The van der Waals surface area contributed by atoms with Crippen molar-refractivity contribution < 1.29 is 31.5 Å². The fourth-order valence-corrected chi connectivity index (χ4v) is 3.99. The van der Waals surface area contributed by atoms with Gasteiger partial charge in [0.1, 0.15) is 5.75 Å². The zero-order chi connectivity index (χ0) is 21.5. The number of hydrogen-bond acceptors (Lipinski definition) is 6. The molecular formula is C17H18F2N4O5S. The minimum absolute atomic E-state index is 0.142. The monoisotopic (exact) mass is 428 g/mol. The van der Waals surface area contributed by atoms with Crippen LogP contribution in [-0.2, 0) is 14.8 Å². The Morgan fingerprint density at radius 2 is 2.03 bits per heavy atom. The van der Waals surface area contributed by atoms with Crippen molar-refractivity contribution >= 4 is 27.5 Å². The summed E-state index contributed by atoms with van der Waals surface area (Å²) in [6, 6.07) is 3.59. The second-order valence-electron chi connectivity index (χ2n) is 6.78. The number of sulfonamides is 1. The van der Waals surface area contributed by atoms with Crippen LogP contribution >= 0.6 is 0 Å². The van der Waals surface area contributed by atoms with Gasteiger partial charge in [-0.15, -0.1) is 0 Å². The van der Waals surface area contributed by atoms with Gasteiger partial charge in [-0.25, -0.2) is 17.8 Å². The number of rotatable bonds is 5. The molecule has 12 heteroatoms. The lowest BCUT2D eigenvalue weighted by Crippen LogP contribution is -2.40. The molecular weight excluding hydrogens is 410 g/mol. The fourth-order valence-electron chi connectivity index (χ4n) is 2.78. The molecule has 2 N–H and O–H groups in total. The van der Waals surface area contributed by atoms with E-state index in [-0.39, 0.29) is 32.7 Å². The number of amides is 2. The van der Waals surface area contributed by atoms with Crippen LogP contribution in [-0.4, -0.2) is 36.1 Å². The number of hydrogen-bond donors (Lipinski definition) is 2. The van der Waals surface area contributed by atoms with E-state index < -0.39 is 34.3 Å². The maximum Gasteiger partial charge on any atom is 0.333 e. The number of carbonyl (C=O) groups is 2. The SMILES string of the molecule is Cc1cc2c(cc1S(=O)(=O)NC(=O)c1ccn(C(F)F)n1)O[C@H](C(C)C)C(=O)N2. The molecule has 29 heavy (non-hydrogen) atoms. The number of aromatic nitrogens is 2. The van der Waals surface area contributed by atoms with Crippen molar-refractivity contribution in [3.05, 3.63) is 35.7 Å². The standard InChI is InChI=1S/C17H18F2N4O5S/c1-8(2)14-16(25)20-11-6-9(3)13(7-12(11)28-14)29(26,27)22-15(24)10-4-5-23(21-10)17(18)19/h4-8,14,17H,1-3H3,(H,20,25)(H,22,24)/t14-/m1/s1. The van der Waals surface area contributed by atoms with E-state index in [4.69, 9.17) is 4.74 Å². The highest BCUT2D eigenvalue weighted by Gasteiger charge is 2.32. The van der Waals surface area contributed by atoms with Gasteiger partial charge in [0.15, 0.2) is 11.8 Å². The van der Waals surface area contributed by atoms with Crippen molar-refractivity contribution in [2.45, 2.75) is 38.3 Å². The molecule has 1 aliphatic heterocycles. The molecule has 1 aromatic heterocycles. The van der Waals surface area contributed by atoms with Gasteiger partial charge in [0.25, 0.3) is 21.8 Å². The smallest absolute Gasteiger partial charge is 0.333 e. The van der Waals surface area contributed by atoms with Gasteiger partial charge in [-0.3, -0.25) is 9.59 Å². The molecule has 1 aliphatic rings. The van der Waals surface area contributed by atoms with Gasteiger partial charge < -0.3 is 10.1 Å². The van der Waals surface area contributed by atoms with E-state index in [0.717, 1.165) is 12.3 Å². The Labute approximate surface area is 165 Å². The van der Waals surface area contributed by atoms with E-state index in [1.54, 1.807) is 18.6 Å². The van der Waals surface area contributed by atoms with Crippen LogP contribution in [0.25, 0.3) is 0 Å². The summed E-state index contributed by atoms with van der Waals surface area (Å²) in [4.78, 5) is 24.0. The van der Waals surface area contributed by atoms with Gasteiger partial charge in [-0.1, -0.05) is 13.8 Å². The van der Waals surface area contributed by atoms with Gasteiger partial charge in [0.05, 0.1) is 10.6 Å². The zero-order valence-electron chi connectivity index (χ0n) is 15.6. The lowest BCUT2D eigenvalue weighted by Gasteiger charge is -2.29. The molecule has 0 unspecified atom stereocenters. The molecule has 2 heterocycles. The molecule has 0 aliphatic carbocycles. The summed E-state index contributed by atoms with van der Waals surface area (Å²) in [5.41, 5.74) is 0.0762. The number of carbonyl (C=O) groups excluding carboxylic acids is 2. The third kappa shape index (κ3) is 4.06. The largest absolute Gasteiger partial charge is 0.478 e. The number of anilines is 1. The number of nitrogens with zero attached hydrogens (tertiary/aromatic N) is 2. The van der Waals surface area contributed by atoms with Crippen LogP contribution in [0.5, 0.6) is 5.75 Å². The maximum atomic E-state index is 12.7. The minimum Gasteiger partial charge on any atom is -0.478 e. The van der Waals surface area contributed by atoms with E-state index in [1.807, 2.05) is 0 Å². The number of ether oxygens (including phenoxy) is 1. The molecule has 2 amide bonds.